The minimum Gasteiger partial charge on any atom is -0.504 e. The number of nitriles is 1. The molecule has 2 aromatic rings. The van der Waals surface area contributed by atoms with E-state index in [1.807, 2.05) is 6.07 Å². The minimum absolute atomic E-state index is 0.121. The molecule has 1 aromatic carbocycles. The number of hydrogen-bond acceptors (Lipinski definition) is 6. The lowest BCUT2D eigenvalue weighted by molar-refractivity contribution is 0.318. The van der Waals surface area contributed by atoms with Crippen LogP contribution in [0.15, 0.2) is 26.6 Å². The lowest BCUT2D eigenvalue weighted by Crippen LogP contribution is -2.14. The van der Waals surface area contributed by atoms with Crippen LogP contribution < -0.4 is 10.3 Å². The highest BCUT2D eigenvalue weighted by molar-refractivity contribution is 9.10. The molecule has 0 saturated carbocycles. The molecular formula is C14H12BrN3O3S. The zero-order chi connectivity index (χ0) is 16.3. The maximum atomic E-state index is 12.0. The average Bonchev–Trinajstić information content (AvgIpc) is 2.50. The monoisotopic (exact) mass is 381 g/mol. The largest absolute Gasteiger partial charge is 0.504 e. The van der Waals surface area contributed by atoms with E-state index in [1.165, 1.54) is 11.8 Å². The maximum Gasteiger partial charge on any atom is 0.270 e. The highest BCUT2D eigenvalue weighted by Crippen LogP contribution is 2.40. The predicted molar refractivity (Wildman–Crippen MR) is 87.3 cm³/mol. The Balaban J connectivity index is 2.79. The van der Waals surface area contributed by atoms with Crippen LogP contribution in [-0.4, -0.2) is 27.9 Å². The van der Waals surface area contributed by atoms with Crippen molar-refractivity contribution in [3.63, 3.8) is 0 Å². The van der Waals surface area contributed by atoms with Crippen LogP contribution in [-0.2, 0) is 0 Å². The molecule has 0 saturated heterocycles. The number of thioether (sulfide) groups is 1. The second-order valence-corrected chi connectivity index (χ2v) is 5.85. The first kappa shape index (κ1) is 16.4. The van der Waals surface area contributed by atoms with Crippen LogP contribution in [0.4, 0.5) is 0 Å². The quantitative estimate of drug-likeness (QED) is 0.623. The van der Waals surface area contributed by atoms with Gasteiger partial charge in [0.25, 0.3) is 5.56 Å². The fourth-order valence-electron chi connectivity index (χ4n) is 1.87. The van der Waals surface area contributed by atoms with Gasteiger partial charge in [-0.25, -0.2) is 4.98 Å². The van der Waals surface area contributed by atoms with Gasteiger partial charge in [-0.2, -0.15) is 5.26 Å². The fourth-order valence-corrected chi connectivity index (χ4v) is 2.68. The topological polar surface area (TPSA) is 99.0 Å². The van der Waals surface area contributed by atoms with Crippen molar-refractivity contribution in [1.29, 1.82) is 5.26 Å². The molecule has 2 N–H and O–H groups in total. The van der Waals surface area contributed by atoms with E-state index in [0.717, 1.165) is 0 Å². The van der Waals surface area contributed by atoms with Crippen molar-refractivity contribution in [2.24, 2.45) is 0 Å². The smallest absolute Gasteiger partial charge is 0.270 e. The number of rotatable bonds is 4. The van der Waals surface area contributed by atoms with Crippen LogP contribution in [0.1, 0.15) is 12.5 Å². The summed E-state index contributed by atoms with van der Waals surface area (Å²) in [6, 6.07) is 5.03. The summed E-state index contributed by atoms with van der Waals surface area (Å²) in [6.45, 7) is 2.16. The molecule has 0 aliphatic heterocycles. The van der Waals surface area contributed by atoms with Crippen LogP contribution in [0, 0.1) is 11.3 Å². The third-order valence-electron chi connectivity index (χ3n) is 2.80. The lowest BCUT2D eigenvalue weighted by Gasteiger charge is -2.12. The zero-order valence-corrected chi connectivity index (χ0v) is 14.2. The highest BCUT2D eigenvalue weighted by Gasteiger charge is 2.19. The molecule has 0 amide bonds. The lowest BCUT2D eigenvalue weighted by atomic mass is 10.1. The Kier molecular flexibility index (Phi) is 5.11. The number of aromatic amines is 1. The van der Waals surface area contributed by atoms with Crippen molar-refractivity contribution >= 4 is 27.7 Å². The number of halogens is 1. The summed E-state index contributed by atoms with van der Waals surface area (Å²) < 4.78 is 6.00. The number of nitrogens with one attached hydrogen (secondary N) is 1. The van der Waals surface area contributed by atoms with Crippen molar-refractivity contribution in [3.05, 3.63) is 32.5 Å². The van der Waals surface area contributed by atoms with Gasteiger partial charge in [-0.05, 0) is 25.3 Å². The van der Waals surface area contributed by atoms with E-state index in [-0.39, 0.29) is 28.3 Å². The Bertz CT molecular complexity index is 814. The molecule has 6 nitrogen and oxygen atoms in total. The van der Waals surface area contributed by atoms with Crippen LogP contribution in [0.2, 0.25) is 0 Å². The van der Waals surface area contributed by atoms with Crippen molar-refractivity contribution in [2.45, 2.75) is 12.1 Å². The van der Waals surface area contributed by atoms with Crippen molar-refractivity contribution < 1.29 is 9.84 Å². The number of hydrogen-bond donors (Lipinski definition) is 2. The first-order chi connectivity index (χ1) is 10.5. The minimum atomic E-state index is -0.547. The summed E-state index contributed by atoms with van der Waals surface area (Å²) >= 11 is 4.56. The van der Waals surface area contributed by atoms with E-state index in [9.17, 15) is 15.2 Å². The average molecular weight is 382 g/mol. The molecule has 0 aliphatic carbocycles. The van der Waals surface area contributed by atoms with Gasteiger partial charge >= 0.3 is 0 Å². The number of aromatic nitrogens is 2. The molecule has 0 fully saturated rings. The second kappa shape index (κ2) is 6.85. The third-order valence-corrected chi connectivity index (χ3v) is 3.84. The second-order valence-electron chi connectivity index (χ2n) is 4.14. The molecule has 1 heterocycles. The summed E-state index contributed by atoms with van der Waals surface area (Å²) in [6.07, 6.45) is 1.75. The maximum absolute atomic E-state index is 12.0. The fraction of sp³-hybridized carbons (Fsp3) is 0.214. The van der Waals surface area contributed by atoms with E-state index in [0.29, 0.717) is 16.2 Å². The molecule has 0 radical (unpaired) electrons. The van der Waals surface area contributed by atoms with Gasteiger partial charge in [0.2, 0.25) is 0 Å². The number of ether oxygens (including phenoxy) is 1. The number of phenolic OH excluding ortho intramolecular Hbond substituents is 1. The van der Waals surface area contributed by atoms with Gasteiger partial charge < -0.3 is 14.8 Å². The molecule has 22 heavy (non-hydrogen) atoms. The van der Waals surface area contributed by atoms with Crippen LogP contribution in [0.5, 0.6) is 11.5 Å². The summed E-state index contributed by atoms with van der Waals surface area (Å²) in [5.41, 5.74) is -0.325. The van der Waals surface area contributed by atoms with Gasteiger partial charge in [0.1, 0.15) is 17.3 Å². The molecule has 1 aromatic heterocycles. The molecule has 0 atom stereocenters. The van der Waals surface area contributed by atoms with Crippen molar-refractivity contribution in [2.75, 3.05) is 12.9 Å². The number of nitrogens with zero attached hydrogens (tertiary/aromatic N) is 2. The molecule has 114 valence electrons. The van der Waals surface area contributed by atoms with E-state index in [4.69, 9.17) is 4.74 Å². The Labute approximate surface area is 139 Å². The number of benzene rings is 1. The SMILES string of the molecule is CCOc1cc(Br)cc(-c2nc(SC)[nH]c(=O)c2C#N)c1O. The molecule has 0 aliphatic rings. The molecule has 0 unspecified atom stereocenters. The van der Waals surface area contributed by atoms with E-state index in [1.54, 1.807) is 25.3 Å². The van der Waals surface area contributed by atoms with Gasteiger partial charge in [-0.1, -0.05) is 27.7 Å². The Morgan fingerprint density at radius 2 is 2.27 bits per heavy atom. The molecule has 0 bridgehead atoms. The Morgan fingerprint density at radius 1 is 1.55 bits per heavy atom. The van der Waals surface area contributed by atoms with Gasteiger partial charge in [0, 0.05) is 10.0 Å². The van der Waals surface area contributed by atoms with E-state index < -0.39 is 5.56 Å². The van der Waals surface area contributed by atoms with Gasteiger partial charge in [-0.3, -0.25) is 4.79 Å². The van der Waals surface area contributed by atoms with E-state index >= 15 is 0 Å². The highest BCUT2D eigenvalue weighted by atomic mass is 79.9. The van der Waals surface area contributed by atoms with Crippen molar-refractivity contribution in [3.8, 4) is 28.8 Å². The first-order valence-electron chi connectivity index (χ1n) is 6.25. The zero-order valence-electron chi connectivity index (χ0n) is 11.8. The number of H-pyrrole nitrogens is 1. The van der Waals surface area contributed by atoms with Gasteiger partial charge in [0.15, 0.2) is 16.7 Å². The molecule has 8 heteroatoms. The molecular weight excluding hydrogens is 370 g/mol. The molecule has 2 rings (SSSR count). The summed E-state index contributed by atoms with van der Waals surface area (Å²) in [4.78, 5) is 18.7. The standard InChI is InChI=1S/C14H12BrN3O3S/c1-3-21-10-5-7(15)4-8(12(10)19)11-9(6-16)13(20)18-14(17-11)22-2/h4-5,19H,3H2,1-2H3,(H,17,18,20). The normalized spacial score (nSPS) is 10.3. The van der Waals surface area contributed by atoms with Gasteiger partial charge in [0.05, 0.1) is 6.61 Å². The predicted octanol–water partition coefficient (Wildman–Crippen LogP) is 2.90. The Morgan fingerprint density at radius 3 is 2.86 bits per heavy atom. The van der Waals surface area contributed by atoms with Crippen LogP contribution in [0.3, 0.4) is 0 Å². The van der Waals surface area contributed by atoms with Crippen molar-refractivity contribution in [1.82, 2.24) is 9.97 Å². The summed E-state index contributed by atoms with van der Waals surface area (Å²) in [5, 5.41) is 19.9. The summed E-state index contributed by atoms with van der Waals surface area (Å²) in [7, 11) is 0. The third kappa shape index (κ3) is 3.10. The van der Waals surface area contributed by atoms with Gasteiger partial charge in [-0.15, -0.1) is 0 Å². The summed E-state index contributed by atoms with van der Waals surface area (Å²) in [5.74, 6) is 0.0928. The molecule has 0 spiro atoms. The van der Waals surface area contributed by atoms with Crippen LogP contribution in [0.25, 0.3) is 11.3 Å². The number of phenols is 1. The Hall–Kier alpha value is -1.98. The first-order valence-corrected chi connectivity index (χ1v) is 8.27. The van der Waals surface area contributed by atoms with E-state index in [2.05, 4.69) is 25.9 Å². The number of aromatic hydroxyl groups is 1. The van der Waals surface area contributed by atoms with Crippen LogP contribution >= 0.6 is 27.7 Å².